The Balaban J connectivity index is 1.96. The van der Waals surface area contributed by atoms with Crippen LogP contribution in [-0.4, -0.2) is 46.0 Å². The van der Waals surface area contributed by atoms with Gasteiger partial charge in [-0.2, -0.15) is 0 Å². The summed E-state index contributed by atoms with van der Waals surface area (Å²) in [4.78, 5) is 0.308. The Morgan fingerprint density at radius 2 is 2.00 bits per heavy atom. The minimum atomic E-state index is -3.41. The van der Waals surface area contributed by atoms with Gasteiger partial charge in [-0.15, -0.1) is 0 Å². The summed E-state index contributed by atoms with van der Waals surface area (Å²) in [5, 5.41) is 3.44. The van der Waals surface area contributed by atoms with Crippen molar-refractivity contribution in [2.45, 2.75) is 36.6 Å². The molecule has 1 N–H and O–H groups in total. The SMILES string of the molecule is COc1ccc(S(=O)(=O)N(C)CCC2CCCCN2)cc1. The molecule has 0 aromatic heterocycles. The second-order valence-corrected chi connectivity index (χ2v) is 7.48. The lowest BCUT2D eigenvalue weighted by molar-refractivity contribution is 0.351. The van der Waals surface area contributed by atoms with E-state index in [4.69, 9.17) is 4.74 Å². The van der Waals surface area contributed by atoms with Crippen LogP contribution in [0.2, 0.25) is 0 Å². The Bertz CT molecular complexity index is 537. The van der Waals surface area contributed by atoms with Crippen LogP contribution < -0.4 is 10.1 Å². The highest BCUT2D eigenvalue weighted by Crippen LogP contribution is 2.19. The topological polar surface area (TPSA) is 58.6 Å². The summed E-state index contributed by atoms with van der Waals surface area (Å²) in [5.41, 5.74) is 0. The van der Waals surface area contributed by atoms with Crippen LogP contribution in [0, 0.1) is 0 Å². The molecule has 5 nitrogen and oxygen atoms in total. The first-order chi connectivity index (χ1) is 10.0. The van der Waals surface area contributed by atoms with Crippen molar-refractivity contribution in [2.75, 3.05) is 27.2 Å². The van der Waals surface area contributed by atoms with Crippen LogP contribution in [0.3, 0.4) is 0 Å². The number of benzene rings is 1. The standard InChI is InChI=1S/C15H24N2O3S/c1-17(12-10-13-5-3-4-11-16-13)21(18,19)15-8-6-14(20-2)7-9-15/h6-9,13,16H,3-5,10-12H2,1-2H3. The number of nitrogens with one attached hydrogen (secondary N) is 1. The van der Waals surface area contributed by atoms with Crippen molar-refractivity contribution in [3.63, 3.8) is 0 Å². The molecule has 1 heterocycles. The Labute approximate surface area is 127 Å². The number of hydrogen-bond acceptors (Lipinski definition) is 4. The van der Waals surface area contributed by atoms with E-state index in [9.17, 15) is 8.42 Å². The first-order valence-corrected chi connectivity index (χ1v) is 8.82. The highest BCUT2D eigenvalue weighted by Gasteiger charge is 2.22. The zero-order valence-corrected chi connectivity index (χ0v) is 13.5. The number of rotatable bonds is 6. The molecule has 1 aromatic rings. The summed E-state index contributed by atoms with van der Waals surface area (Å²) in [6, 6.07) is 6.95. The van der Waals surface area contributed by atoms with Gasteiger partial charge in [0.25, 0.3) is 0 Å². The molecule has 0 amide bonds. The van der Waals surface area contributed by atoms with Crippen molar-refractivity contribution in [3.05, 3.63) is 24.3 Å². The van der Waals surface area contributed by atoms with Crippen LogP contribution in [0.1, 0.15) is 25.7 Å². The number of nitrogens with zero attached hydrogens (tertiary/aromatic N) is 1. The zero-order valence-electron chi connectivity index (χ0n) is 12.7. The van der Waals surface area contributed by atoms with Gasteiger partial charge in [-0.05, 0) is 50.1 Å². The molecule has 118 valence electrons. The quantitative estimate of drug-likeness (QED) is 0.871. The van der Waals surface area contributed by atoms with E-state index in [-0.39, 0.29) is 0 Å². The van der Waals surface area contributed by atoms with Crippen molar-refractivity contribution in [1.29, 1.82) is 0 Å². The van der Waals surface area contributed by atoms with Gasteiger partial charge in [-0.1, -0.05) is 6.42 Å². The summed E-state index contributed by atoms with van der Waals surface area (Å²) < 4.78 is 31.4. The molecule has 0 aliphatic carbocycles. The van der Waals surface area contributed by atoms with Crippen LogP contribution in [0.5, 0.6) is 5.75 Å². The van der Waals surface area contributed by atoms with Gasteiger partial charge in [-0.3, -0.25) is 0 Å². The number of piperidine rings is 1. The molecule has 1 saturated heterocycles. The molecule has 1 aliphatic heterocycles. The normalized spacial score (nSPS) is 19.7. The lowest BCUT2D eigenvalue weighted by atomic mass is 10.0. The number of sulfonamides is 1. The fourth-order valence-corrected chi connectivity index (χ4v) is 3.74. The van der Waals surface area contributed by atoms with E-state index < -0.39 is 10.0 Å². The lowest BCUT2D eigenvalue weighted by Crippen LogP contribution is -2.38. The molecule has 2 rings (SSSR count). The molecule has 6 heteroatoms. The van der Waals surface area contributed by atoms with Crippen LogP contribution in [0.15, 0.2) is 29.2 Å². The van der Waals surface area contributed by atoms with Gasteiger partial charge in [0.2, 0.25) is 10.0 Å². The third-order valence-electron chi connectivity index (χ3n) is 3.97. The zero-order chi connectivity index (χ0) is 15.3. The third kappa shape index (κ3) is 4.18. The Hall–Kier alpha value is -1.11. The van der Waals surface area contributed by atoms with Crippen LogP contribution in [0.25, 0.3) is 0 Å². The number of methoxy groups -OCH3 is 1. The molecule has 21 heavy (non-hydrogen) atoms. The monoisotopic (exact) mass is 312 g/mol. The second kappa shape index (κ2) is 7.24. The predicted octanol–water partition coefficient (Wildman–Crippen LogP) is 1.85. The molecular weight excluding hydrogens is 288 g/mol. The molecular formula is C15H24N2O3S. The predicted molar refractivity (Wildman–Crippen MR) is 83.1 cm³/mol. The van der Waals surface area contributed by atoms with Gasteiger partial charge in [0, 0.05) is 19.6 Å². The summed E-state index contributed by atoms with van der Waals surface area (Å²) >= 11 is 0. The average Bonchev–Trinajstić information content (AvgIpc) is 2.53. The average molecular weight is 312 g/mol. The van der Waals surface area contributed by atoms with Gasteiger partial charge in [-0.25, -0.2) is 12.7 Å². The summed E-state index contributed by atoms with van der Waals surface area (Å²) in [7, 11) is -0.211. The summed E-state index contributed by atoms with van der Waals surface area (Å²) in [6.45, 7) is 1.58. The summed E-state index contributed by atoms with van der Waals surface area (Å²) in [5.74, 6) is 0.656. The van der Waals surface area contributed by atoms with E-state index in [2.05, 4.69) is 5.32 Å². The van der Waals surface area contributed by atoms with E-state index in [1.54, 1.807) is 38.4 Å². The van der Waals surface area contributed by atoms with Gasteiger partial charge < -0.3 is 10.1 Å². The maximum atomic E-state index is 12.5. The van der Waals surface area contributed by atoms with Crippen molar-refractivity contribution in [3.8, 4) is 5.75 Å². The Morgan fingerprint density at radius 1 is 1.29 bits per heavy atom. The van der Waals surface area contributed by atoms with E-state index in [0.29, 0.717) is 23.2 Å². The lowest BCUT2D eigenvalue weighted by Gasteiger charge is -2.25. The van der Waals surface area contributed by atoms with Crippen molar-refractivity contribution >= 4 is 10.0 Å². The first-order valence-electron chi connectivity index (χ1n) is 7.38. The van der Waals surface area contributed by atoms with Crippen molar-refractivity contribution in [2.24, 2.45) is 0 Å². The van der Waals surface area contributed by atoms with Gasteiger partial charge >= 0.3 is 0 Å². The van der Waals surface area contributed by atoms with E-state index in [0.717, 1.165) is 19.4 Å². The Kier molecular flexibility index (Phi) is 5.61. The van der Waals surface area contributed by atoms with Crippen molar-refractivity contribution in [1.82, 2.24) is 9.62 Å². The van der Waals surface area contributed by atoms with E-state index in [1.165, 1.54) is 17.1 Å². The summed E-state index contributed by atoms with van der Waals surface area (Å²) in [6.07, 6.45) is 4.44. The molecule has 0 radical (unpaired) electrons. The number of ether oxygens (including phenoxy) is 1. The van der Waals surface area contributed by atoms with E-state index in [1.807, 2.05) is 0 Å². The van der Waals surface area contributed by atoms with Crippen LogP contribution in [0.4, 0.5) is 0 Å². The first kappa shape index (κ1) is 16.3. The largest absolute Gasteiger partial charge is 0.497 e. The van der Waals surface area contributed by atoms with Gasteiger partial charge in [0.1, 0.15) is 5.75 Å². The fraction of sp³-hybridized carbons (Fsp3) is 0.600. The highest BCUT2D eigenvalue weighted by molar-refractivity contribution is 7.89. The smallest absolute Gasteiger partial charge is 0.242 e. The molecule has 1 fully saturated rings. The molecule has 0 saturated carbocycles. The maximum absolute atomic E-state index is 12.5. The molecule has 1 aromatic carbocycles. The maximum Gasteiger partial charge on any atom is 0.242 e. The van der Waals surface area contributed by atoms with Crippen molar-refractivity contribution < 1.29 is 13.2 Å². The van der Waals surface area contributed by atoms with Crippen LogP contribution in [-0.2, 0) is 10.0 Å². The van der Waals surface area contributed by atoms with Gasteiger partial charge in [0.15, 0.2) is 0 Å². The third-order valence-corrected chi connectivity index (χ3v) is 5.84. The minimum Gasteiger partial charge on any atom is -0.497 e. The van der Waals surface area contributed by atoms with E-state index >= 15 is 0 Å². The van der Waals surface area contributed by atoms with Gasteiger partial charge in [0.05, 0.1) is 12.0 Å². The molecule has 0 spiro atoms. The minimum absolute atomic E-state index is 0.308. The Morgan fingerprint density at radius 3 is 2.57 bits per heavy atom. The molecule has 1 aliphatic rings. The fourth-order valence-electron chi connectivity index (χ4n) is 2.56. The number of hydrogen-bond donors (Lipinski definition) is 1. The second-order valence-electron chi connectivity index (χ2n) is 5.44. The van der Waals surface area contributed by atoms with Crippen LogP contribution >= 0.6 is 0 Å². The molecule has 1 atom stereocenters. The molecule has 1 unspecified atom stereocenters. The molecule has 0 bridgehead atoms. The highest BCUT2D eigenvalue weighted by atomic mass is 32.2.